The van der Waals surface area contributed by atoms with Crippen molar-refractivity contribution in [3.63, 3.8) is 0 Å². The highest BCUT2D eigenvalue weighted by Crippen LogP contribution is 2.33. The third-order valence-corrected chi connectivity index (χ3v) is 3.69. The molecule has 2 unspecified atom stereocenters. The Kier molecular flexibility index (Phi) is 5.05. The van der Waals surface area contributed by atoms with Crippen LogP contribution < -0.4 is 16.0 Å². The summed E-state index contributed by atoms with van der Waals surface area (Å²) in [6, 6.07) is 3.96. The number of hydrogen-bond donors (Lipinski definition) is 2. The van der Waals surface area contributed by atoms with Crippen LogP contribution in [0, 0.1) is 0 Å². The second-order valence-electron chi connectivity index (χ2n) is 4.79. The van der Waals surface area contributed by atoms with Gasteiger partial charge in [0.2, 0.25) is 0 Å². The molecule has 19 heavy (non-hydrogen) atoms. The van der Waals surface area contributed by atoms with Crippen molar-refractivity contribution in [3.8, 4) is 5.75 Å². The Labute approximate surface area is 119 Å². The minimum atomic E-state index is 0.0334. The molecule has 0 saturated carbocycles. The van der Waals surface area contributed by atoms with Crippen LogP contribution in [0.5, 0.6) is 5.75 Å². The summed E-state index contributed by atoms with van der Waals surface area (Å²) in [4.78, 5) is 0. The molecule has 0 spiro atoms. The van der Waals surface area contributed by atoms with Crippen molar-refractivity contribution in [2.24, 2.45) is 5.84 Å². The molecular formula is C14H21ClN2O2. The van der Waals surface area contributed by atoms with E-state index in [1.54, 1.807) is 0 Å². The third-order valence-electron chi connectivity index (χ3n) is 3.48. The molecule has 0 amide bonds. The molecule has 5 heteroatoms. The zero-order valence-electron chi connectivity index (χ0n) is 11.4. The normalized spacial score (nSPS) is 16.8. The van der Waals surface area contributed by atoms with Crippen LogP contribution in [-0.2, 0) is 17.6 Å². The summed E-state index contributed by atoms with van der Waals surface area (Å²) in [5.41, 5.74) is 5.10. The Balaban J connectivity index is 2.18. The predicted octanol–water partition coefficient (Wildman–Crippen LogP) is 2.07. The third kappa shape index (κ3) is 3.39. The molecule has 2 atom stereocenters. The van der Waals surface area contributed by atoms with Crippen molar-refractivity contribution in [1.82, 2.24) is 5.43 Å². The largest absolute Gasteiger partial charge is 0.493 e. The topological polar surface area (TPSA) is 56.5 Å². The molecule has 1 aromatic carbocycles. The van der Waals surface area contributed by atoms with Gasteiger partial charge in [-0.25, -0.2) is 0 Å². The van der Waals surface area contributed by atoms with Gasteiger partial charge >= 0.3 is 0 Å². The van der Waals surface area contributed by atoms with E-state index in [0.29, 0.717) is 6.61 Å². The minimum Gasteiger partial charge on any atom is -0.493 e. The number of rotatable bonds is 6. The Morgan fingerprint density at radius 3 is 3.00 bits per heavy atom. The van der Waals surface area contributed by atoms with Gasteiger partial charge in [0.25, 0.3) is 0 Å². The van der Waals surface area contributed by atoms with E-state index < -0.39 is 0 Å². The Morgan fingerprint density at radius 1 is 1.53 bits per heavy atom. The molecule has 1 heterocycles. The number of nitrogens with one attached hydrogen (secondary N) is 1. The zero-order chi connectivity index (χ0) is 13.8. The van der Waals surface area contributed by atoms with Crippen LogP contribution in [0.25, 0.3) is 0 Å². The van der Waals surface area contributed by atoms with Gasteiger partial charge in [-0.3, -0.25) is 11.3 Å². The first-order chi connectivity index (χ1) is 9.15. The number of halogens is 1. The van der Waals surface area contributed by atoms with Gasteiger partial charge in [0, 0.05) is 18.1 Å². The summed E-state index contributed by atoms with van der Waals surface area (Å²) in [5, 5.41) is 0.749. The number of hydrazine groups is 1. The van der Waals surface area contributed by atoms with E-state index in [2.05, 4.69) is 5.43 Å². The Hall–Kier alpha value is -0.810. The van der Waals surface area contributed by atoms with Crippen LogP contribution in [-0.4, -0.2) is 25.4 Å². The molecule has 1 aromatic rings. The molecule has 0 aromatic heterocycles. The minimum absolute atomic E-state index is 0.0334. The second-order valence-corrected chi connectivity index (χ2v) is 5.23. The summed E-state index contributed by atoms with van der Waals surface area (Å²) in [7, 11) is 0. The molecule has 1 aliphatic rings. The van der Waals surface area contributed by atoms with E-state index in [1.165, 1.54) is 5.56 Å². The Bertz CT molecular complexity index is 440. The van der Waals surface area contributed by atoms with Crippen LogP contribution in [0.15, 0.2) is 12.1 Å². The lowest BCUT2D eigenvalue weighted by Crippen LogP contribution is -2.45. The van der Waals surface area contributed by atoms with Crippen molar-refractivity contribution in [2.45, 2.75) is 38.8 Å². The van der Waals surface area contributed by atoms with E-state index in [0.717, 1.165) is 35.8 Å². The summed E-state index contributed by atoms with van der Waals surface area (Å²) < 4.78 is 11.3. The van der Waals surface area contributed by atoms with E-state index in [-0.39, 0.29) is 12.1 Å². The van der Waals surface area contributed by atoms with Gasteiger partial charge in [-0.1, -0.05) is 11.6 Å². The summed E-state index contributed by atoms with van der Waals surface area (Å²) >= 11 is 6.16. The van der Waals surface area contributed by atoms with Crippen LogP contribution in [0.1, 0.15) is 25.0 Å². The van der Waals surface area contributed by atoms with Gasteiger partial charge in [-0.05, 0) is 43.5 Å². The van der Waals surface area contributed by atoms with Crippen molar-refractivity contribution >= 4 is 11.6 Å². The molecule has 106 valence electrons. The maximum Gasteiger partial charge on any atom is 0.125 e. The highest BCUT2D eigenvalue weighted by molar-refractivity contribution is 6.30. The molecule has 0 saturated heterocycles. The molecule has 0 radical (unpaired) electrons. The van der Waals surface area contributed by atoms with Crippen LogP contribution >= 0.6 is 11.6 Å². The monoisotopic (exact) mass is 284 g/mol. The maximum absolute atomic E-state index is 6.16. The van der Waals surface area contributed by atoms with Crippen molar-refractivity contribution < 1.29 is 9.47 Å². The summed E-state index contributed by atoms with van der Waals surface area (Å²) in [6.07, 6.45) is 1.69. The average Bonchev–Trinajstić information content (AvgIpc) is 2.83. The highest BCUT2D eigenvalue weighted by atomic mass is 35.5. The summed E-state index contributed by atoms with van der Waals surface area (Å²) in [6.45, 7) is 5.39. The predicted molar refractivity (Wildman–Crippen MR) is 76.6 cm³/mol. The summed E-state index contributed by atoms with van der Waals surface area (Å²) in [5.74, 6) is 6.60. The lowest BCUT2D eigenvalue weighted by atomic mass is 9.99. The Morgan fingerprint density at radius 2 is 2.32 bits per heavy atom. The number of fused-ring (bicyclic) bond motifs is 1. The van der Waals surface area contributed by atoms with Gasteiger partial charge in [-0.15, -0.1) is 0 Å². The van der Waals surface area contributed by atoms with Gasteiger partial charge in [0.15, 0.2) is 0 Å². The maximum atomic E-state index is 6.16. The first kappa shape index (κ1) is 14.6. The van der Waals surface area contributed by atoms with Crippen molar-refractivity contribution in [1.29, 1.82) is 0 Å². The van der Waals surface area contributed by atoms with Crippen molar-refractivity contribution in [2.75, 3.05) is 13.2 Å². The van der Waals surface area contributed by atoms with Crippen LogP contribution in [0.2, 0.25) is 5.02 Å². The van der Waals surface area contributed by atoms with E-state index in [9.17, 15) is 0 Å². The second kappa shape index (κ2) is 6.57. The molecule has 1 aliphatic heterocycles. The smallest absolute Gasteiger partial charge is 0.125 e. The molecule has 2 rings (SSSR count). The number of hydrogen-bond acceptors (Lipinski definition) is 4. The molecular weight excluding hydrogens is 264 g/mol. The highest BCUT2D eigenvalue weighted by Gasteiger charge is 2.22. The van der Waals surface area contributed by atoms with E-state index in [1.807, 2.05) is 26.0 Å². The molecule has 3 N–H and O–H groups in total. The standard InChI is InChI=1S/C14H21ClN2O2/c1-3-18-9(2)13(17-16)8-11-7-12(15)6-10-4-5-19-14(10)11/h6-7,9,13,17H,3-5,8,16H2,1-2H3. The van der Waals surface area contributed by atoms with Gasteiger partial charge in [0.1, 0.15) is 5.75 Å². The van der Waals surface area contributed by atoms with E-state index in [4.69, 9.17) is 26.9 Å². The number of benzene rings is 1. The van der Waals surface area contributed by atoms with E-state index >= 15 is 0 Å². The van der Waals surface area contributed by atoms with Crippen LogP contribution in [0.4, 0.5) is 0 Å². The van der Waals surface area contributed by atoms with Gasteiger partial charge < -0.3 is 9.47 Å². The fourth-order valence-corrected chi connectivity index (χ4v) is 2.74. The first-order valence-electron chi connectivity index (χ1n) is 6.67. The molecule has 0 aliphatic carbocycles. The molecule has 0 bridgehead atoms. The van der Waals surface area contributed by atoms with Crippen molar-refractivity contribution in [3.05, 3.63) is 28.3 Å². The fourth-order valence-electron chi connectivity index (χ4n) is 2.47. The molecule has 0 fully saturated rings. The number of nitrogens with two attached hydrogens (primary N) is 1. The van der Waals surface area contributed by atoms with Gasteiger partial charge in [0.05, 0.1) is 18.8 Å². The molecule has 4 nitrogen and oxygen atoms in total. The average molecular weight is 285 g/mol. The quantitative estimate of drug-likeness (QED) is 0.620. The van der Waals surface area contributed by atoms with Crippen LogP contribution in [0.3, 0.4) is 0 Å². The number of ether oxygens (including phenoxy) is 2. The lowest BCUT2D eigenvalue weighted by molar-refractivity contribution is 0.0475. The SMILES string of the molecule is CCOC(C)C(Cc1cc(Cl)cc2c1OCC2)NN. The zero-order valence-corrected chi connectivity index (χ0v) is 12.2. The first-order valence-corrected chi connectivity index (χ1v) is 7.05. The lowest BCUT2D eigenvalue weighted by Gasteiger charge is -2.24. The van der Waals surface area contributed by atoms with Gasteiger partial charge in [-0.2, -0.15) is 0 Å². The fraction of sp³-hybridized carbons (Fsp3) is 0.571.